The van der Waals surface area contributed by atoms with Gasteiger partial charge in [-0.25, -0.2) is 0 Å². The second kappa shape index (κ2) is 11.7. The third-order valence-corrected chi connectivity index (χ3v) is 5.91. The minimum atomic E-state index is -0.512. The normalized spacial score (nSPS) is 16.0. The van der Waals surface area contributed by atoms with Gasteiger partial charge in [0.2, 0.25) is 17.7 Å². The summed E-state index contributed by atoms with van der Waals surface area (Å²) in [6, 6.07) is 1.26. The minimum absolute atomic E-state index is 0.00358. The molecule has 9 nitrogen and oxygen atoms in total. The SMILES string of the molecule is CN(C)CCCCC(=O)NCC(=O)N1CCCC1C(=O)NCc1cc(C(=N)N)cs1. The van der Waals surface area contributed by atoms with Crippen LogP contribution in [0.25, 0.3) is 0 Å². The van der Waals surface area contributed by atoms with E-state index in [-0.39, 0.29) is 30.1 Å². The number of hydrogen-bond donors (Lipinski definition) is 4. The number of nitrogens with one attached hydrogen (secondary N) is 3. The summed E-state index contributed by atoms with van der Waals surface area (Å²) in [5.74, 6) is -0.574. The number of carbonyl (C=O) groups excluding carboxylic acids is 3. The molecule has 1 aliphatic rings. The number of thiophene rings is 1. The van der Waals surface area contributed by atoms with E-state index in [0.29, 0.717) is 31.5 Å². The molecule has 10 heteroatoms. The number of hydrogen-bond acceptors (Lipinski definition) is 6. The first kappa shape index (κ1) is 23.8. The predicted molar refractivity (Wildman–Crippen MR) is 117 cm³/mol. The van der Waals surface area contributed by atoms with E-state index in [4.69, 9.17) is 11.1 Å². The Morgan fingerprint density at radius 1 is 1.30 bits per heavy atom. The van der Waals surface area contributed by atoms with Gasteiger partial charge in [0, 0.05) is 28.8 Å². The number of amides is 3. The molecule has 2 rings (SSSR count). The number of nitrogens with zero attached hydrogens (tertiary/aromatic N) is 2. The molecule has 1 unspecified atom stereocenters. The fourth-order valence-electron chi connectivity index (χ4n) is 3.32. The van der Waals surface area contributed by atoms with Crippen molar-refractivity contribution in [2.45, 2.75) is 44.7 Å². The molecule has 0 aromatic carbocycles. The minimum Gasteiger partial charge on any atom is -0.384 e. The smallest absolute Gasteiger partial charge is 0.243 e. The first-order valence-corrected chi connectivity index (χ1v) is 11.1. The van der Waals surface area contributed by atoms with Gasteiger partial charge in [0.15, 0.2) is 0 Å². The number of carbonyl (C=O) groups is 3. The first-order valence-electron chi connectivity index (χ1n) is 10.2. The number of rotatable bonds is 11. The second-order valence-electron chi connectivity index (χ2n) is 7.72. The zero-order chi connectivity index (χ0) is 22.1. The number of likely N-dealkylation sites (tertiary alicyclic amines) is 1. The van der Waals surface area contributed by atoms with Gasteiger partial charge in [0.25, 0.3) is 0 Å². The highest BCUT2D eigenvalue weighted by Gasteiger charge is 2.33. The van der Waals surface area contributed by atoms with Crippen molar-refractivity contribution < 1.29 is 14.4 Å². The standard InChI is InChI=1S/C20H32N6O3S/c1-25(2)8-4-3-7-17(27)23-12-18(28)26-9-5-6-16(26)20(29)24-11-15-10-14(13-30-15)19(21)22/h10,13,16H,3-9,11-12H2,1-2H3,(H3,21,22)(H,23,27)(H,24,29). The van der Waals surface area contributed by atoms with Crippen molar-refractivity contribution in [2.24, 2.45) is 5.73 Å². The maximum Gasteiger partial charge on any atom is 0.243 e. The molecule has 0 saturated carbocycles. The summed E-state index contributed by atoms with van der Waals surface area (Å²) < 4.78 is 0. The van der Waals surface area contributed by atoms with Crippen molar-refractivity contribution in [1.29, 1.82) is 5.41 Å². The number of nitrogens with two attached hydrogens (primary N) is 1. The van der Waals surface area contributed by atoms with Crippen LogP contribution in [0.4, 0.5) is 0 Å². The number of nitrogen functional groups attached to an aromatic ring is 1. The van der Waals surface area contributed by atoms with Crippen molar-refractivity contribution >= 4 is 34.9 Å². The van der Waals surface area contributed by atoms with E-state index >= 15 is 0 Å². The highest BCUT2D eigenvalue weighted by atomic mass is 32.1. The van der Waals surface area contributed by atoms with E-state index in [0.717, 1.165) is 30.7 Å². The molecule has 2 heterocycles. The van der Waals surface area contributed by atoms with Gasteiger partial charge < -0.3 is 26.2 Å². The van der Waals surface area contributed by atoms with Crippen LogP contribution in [0.2, 0.25) is 0 Å². The molecule has 1 aliphatic heterocycles. The monoisotopic (exact) mass is 436 g/mol. The summed E-state index contributed by atoms with van der Waals surface area (Å²) >= 11 is 1.42. The molecule has 166 valence electrons. The molecule has 5 N–H and O–H groups in total. The van der Waals surface area contributed by atoms with Gasteiger partial charge in [-0.3, -0.25) is 19.8 Å². The Morgan fingerprint density at radius 2 is 2.07 bits per heavy atom. The van der Waals surface area contributed by atoms with E-state index < -0.39 is 6.04 Å². The Bertz CT molecular complexity index is 763. The van der Waals surface area contributed by atoms with Gasteiger partial charge in [0.1, 0.15) is 11.9 Å². The van der Waals surface area contributed by atoms with Gasteiger partial charge in [-0.1, -0.05) is 0 Å². The first-order chi connectivity index (χ1) is 14.3. The lowest BCUT2D eigenvalue weighted by molar-refractivity contribution is -0.138. The Morgan fingerprint density at radius 3 is 2.73 bits per heavy atom. The van der Waals surface area contributed by atoms with Crippen molar-refractivity contribution in [3.05, 3.63) is 21.9 Å². The average Bonchev–Trinajstić information content (AvgIpc) is 3.37. The third kappa shape index (κ3) is 7.42. The van der Waals surface area contributed by atoms with Crippen LogP contribution in [0.3, 0.4) is 0 Å². The summed E-state index contributed by atoms with van der Waals surface area (Å²) in [5.41, 5.74) is 6.09. The van der Waals surface area contributed by atoms with Crippen LogP contribution >= 0.6 is 11.3 Å². The molecular weight excluding hydrogens is 404 g/mol. The Hall–Kier alpha value is -2.46. The molecule has 0 aliphatic carbocycles. The topological polar surface area (TPSA) is 132 Å². The molecule has 1 aromatic heterocycles. The molecule has 3 amide bonds. The van der Waals surface area contributed by atoms with Crippen molar-refractivity contribution in [2.75, 3.05) is 33.7 Å². The molecule has 1 aromatic rings. The zero-order valence-electron chi connectivity index (χ0n) is 17.7. The van der Waals surface area contributed by atoms with E-state index in [9.17, 15) is 14.4 Å². The predicted octanol–water partition coefficient (Wildman–Crippen LogP) is 0.487. The zero-order valence-corrected chi connectivity index (χ0v) is 18.5. The van der Waals surface area contributed by atoms with E-state index in [1.165, 1.54) is 11.3 Å². The van der Waals surface area contributed by atoms with Crippen molar-refractivity contribution in [1.82, 2.24) is 20.4 Å². The molecule has 1 fully saturated rings. The summed E-state index contributed by atoms with van der Waals surface area (Å²) in [4.78, 5) is 41.6. The van der Waals surface area contributed by atoms with Crippen LogP contribution in [0, 0.1) is 5.41 Å². The highest BCUT2D eigenvalue weighted by Crippen LogP contribution is 2.18. The van der Waals surface area contributed by atoms with Gasteiger partial charge >= 0.3 is 0 Å². The van der Waals surface area contributed by atoms with E-state index in [1.807, 2.05) is 14.1 Å². The van der Waals surface area contributed by atoms with Crippen LogP contribution in [0.5, 0.6) is 0 Å². The largest absolute Gasteiger partial charge is 0.384 e. The lowest BCUT2D eigenvalue weighted by atomic mass is 10.2. The summed E-state index contributed by atoms with van der Waals surface area (Å²) in [6.45, 7) is 1.70. The molecule has 30 heavy (non-hydrogen) atoms. The summed E-state index contributed by atoms with van der Waals surface area (Å²) in [7, 11) is 3.98. The average molecular weight is 437 g/mol. The second-order valence-corrected chi connectivity index (χ2v) is 8.71. The quantitative estimate of drug-likeness (QED) is 0.228. The van der Waals surface area contributed by atoms with Gasteiger partial charge in [-0.05, 0) is 52.4 Å². The number of amidine groups is 1. The van der Waals surface area contributed by atoms with Gasteiger partial charge in [-0.15, -0.1) is 11.3 Å². The molecule has 0 radical (unpaired) electrons. The molecule has 0 bridgehead atoms. The van der Waals surface area contributed by atoms with Gasteiger partial charge in [0.05, 0.1) is 13.1 Å². The highest BCUT2D eigenvalue weighted by molar-refractivity contribution is 7.10. The van der Waals surface area contributed by atoms with Crippen LogP contribution in [0.1, 0.15) is 42.5 Å². The fourth-order valence-corrected chi connectivity index (χ4v) is 4.15. The van der Waals surface area contributed by atoms with Crippen LogP contribution in [0.15, 0.2) is 11.4 Å². The Kier molecular flexibility index (Phi) is 9.25. The van der Waals surface area contributed by atoms with Crippen LogP contribution in [-0.2, 0) is 20.9 Å². The molecule has 1 atom stereocenters. The summed E-state index contributed by atoms with van der Waals surface area (Å²) in [6.07, 6.45) is 3.48. The lowest BCUT2D eigenvalue weighted by Gasteiger charge is -2.24. The van der Waals surface area contributed by atoms with Crippen molar-refractivity contribution in [3.63, 3.8) is 0 Å². The maximum absolute atomic E-state index is 12.6. The molecular formula is C20H32N6O3S. The Labute approximate surface area is 181 Å². The van der Waals surface area contributed by atoms with Crippen molar-refractivity contribution in [3.8, 4) is 0 Å². The summed E-state index contributed by atoms with van der Waals surface area (Å²) in [5, 5.41) is 14.7. The molecule has 0 spiro atoms. The lowest BCUT2D eigenvalue weighted by Crippen LogP contribution is -2.48. The third-order valence-electron chi connectivity index (χ3n) is 4.97. The maximum atomic E-state index is 12.6. The Balaban J connectivity index is 1.75. The number of unbranched alkanes of at least 4 members (excludes halogenated alkanes) is 1. The van der Waals surface area contributed by atoms with Crippen LogP contribution < -0.4 is 16.4 Å². The van der Waals surface area contributed by atoms with Gasteiger partial charge in [-0.2, -0.15) is 0 Å². The fraction of sp³-hybridized carbons (Fsp3) is 0.600. The van der Waals surface area contributed by atoms with E-state index in [1.54, 1.807) is 16.3 Å². The molecule has 1 saturated heterocycles. The van der Waals surface area contributed by atoms with E-state index in [2.05, 4.69) is 15.5 Å². The van der Waals surface area contributed by atoms with Crippen LogP contribution in [-0.4, -0.2) is 73.1 Å².